The van der Waals surface area contributed by atoms with Crippen LogP contribution >= 0.6 is 11.6 Å². The lowest BCUT2D eigenvalue weighted by atomic mass is 10.1. The van der Waals surface area contributed by atoms with Crippen LogP contribution in [-0.4, -0.2) is 18.0 Å². The topological polar surface area (TPSA) is 27.0 Å². The molecule has 1 unspecified atom stereocenters. The number of hydrogen-bond donors (Lipinski definition) is 0. The molecule has 1 aromatic rings. The maximum absolute atomic E-state index is 9.38. The van der Waals surface area contributed by atoms with Crippen molar-refractivity contribution in [3.05, 3.63) is 34.9 Å². The Morgan fingerprint density at radius 2 is 1.88 bits per heavy atom. The molecule has 1 heterocycles. The summed E-state index contributed by atoms with van der Waals surface area (Å²) in [6.07, 6.45) is 4.95. The van der Waals surface area contributed by atoms with Gasteiger partial charge < -0.3 is 0 Å². The first kappa shape index (κ1) is 12.4. The van der Waals surface area contributed by atoms with Gasteiger partial charge in [-0.05, 0) is 43.6 Å². The van der Waals surface area contributed by atoms with Crippen LogP contribution in [-0.2, 0) is 0 Å². The number of rotatable bonds is 2. The van der Waals surface area contributed by atoms with Crippen LogP contribution in [0.15, 0.2) is 24.3 Å². The van der Waals surface area contributed by atoms with Gasteiger partial charge >= 0.3 is 0 Å². The maximum atomic E-state index is 9.38. The van der Waals surface area contributed by atoms with Crippen LogP contribution in [0, 0.1) is 11.3 Å². The van der Waals surface area contributed by atoms with Gasteiger partial charge in [-0.15, -0.1) is 0 Å². The van der Waals surface area contributed by atoms with E-state index in [2.05, 4.69) is 11.0 Å². The molecule has 0 aromatic heterocycles. The second-order valence-electron chi connectivity index (χ2n) is 4.54. The van der Waals surface area contributed by atoms with Crippen molar-refractivity contribution in [1.29, 1.82) is 5.26 Å². The molecular formula is C14H17ClN2. The molecule has 0 aliphatic carbocycles. The molecule has 0 saturated carbocycles. The van der Waals surface area contributed by atoms with E-state index in [4.69, 9.17) is 11.6 Å². The van der Waals surface area contributed by atoms with E-state index in [-0.39, 0.29) is 6.04 Å². The largest absolute Gasteiger partial charge is 0.284 e. The summed E-state index contributed by atoms with van der Waals surface area (Å²) in [6, 6.07) is 9.92. The molecule has 0 amide bonds. The molecule has 3 heteroatoms. The molecule has 2 rings (SSSR count). The van der Waals surface area contributed by atoms with Crippen LogP contribution in [0.4, 0.5) is 0 Å². The first-order valence-electron chi connectivity index (χ1n) is 6.20. The quantitative estimate of drug-likeness (QED) is 0.797. The van der Waals surface area contributed by atoms with Crippen LogP contribution in [0.25, 0.3) is 0 Å². The van der Waals surface area contributed by atoms with E-state index in [1.54, 1.807) is 0 Å². The SMILES string of the molecule is N#CC(c1cccc(Cl)c1)N1CCCCCC1. The number of hydrogen-bond acceptors (Lipinski definition) is 2. The summed E-state index contributed by atoms with van der Waals surface area (Å²) in [4.78, 5) is 2.28. The maximum Gasteiger partial charge on any atom is 0.123 e. The average Bonchev–Trinajstić information content (AvgIpc) is 2.59. The summed E-state index contributed by atoms with van der Waals surface area (Å²) in [5.74, 6) is 0. The Bertz CT molecular complexity index is 403. The van der Waals surface area contributed by atoms with E-state index >= 15 is 0 Å². The molecule has 0 N–H and O–H groups in total. The number of halogens is 1. The number of likely N-dealkylation sites (tertiary alicyclic amines) is 1. The predicted molar refractivity (Wildman–Crippen MR) is 69.8 cm³/mol. The molecule has 1 aliphatic rings. The van der Waals surface area contributed by atoms with E-state index in [1.807, 2.05) is 24.3 Å². The van der Waals surface area contributed by atoms with Crippen LogP contribution in [0.1, 0.15) is 37.3 Å². The Balaban J connectivity index is 2.18. The third-order valence-electron chi connectivity index (χ3n) is 3.29. The van der Waals surface area contributed by atoms with Crippen LogP contribution < -0.4 is 0 Å². The monoisotopic (exact) mass is 248 g/mol. The van der Waals surface area contributed by atoms with E-state index < -0.39 is 0 Å². The molecule has 2 nitrogen and oxygen atoms in total. The number of nitrogens with zero attached hydrogens (tertiary/aromatic N) is 2. The minimum atomic E-state index is -0.146. The van der Waals surface area contributed by atoms with E-state index in [0.717, 1.165) is 18.7 Å². The smallest absolute Gasteiger partial charge is 0.123 e. The lowest BCUT2D eigenvalue weighted by molar-refractivity contribution is 0.246. The van der Waals surface area contributed by atoms with Crippen molar-refractivity contribution in [2.45, 2.75) is 31.7 Å². The van der Waals surface area contributed by atoms with Crippen molar-refractivity contribution in [2.75, 3.05) is 13.1 Å². The Hall–Kier alpha value is -1.04. The third-order valence-corrected chi connectivity index (χ3v) is 3.53. The van der Waals surface area contributed by atoms with Gasteiger partial charge in [-0.25, -0.2) is 0 Å². The molecule has 90 valence electrons. The van der Waals surface area contributed by atoms with Crippen LogP contribution in [0.2, 0.25) is 5.02 Å². The molecule has 1 atom stereocenters. The highest BCUT2D eigenvalue weighted by atomic mass is 35.5. The van der Waals surface area contributed by atoms with Gasteiger partial charge in [0.2, 0.25) is 0 Å². The summed E-state index contributed by atoms with van der Waals surface area (Å²) in [6.45, 7) is 2.04. The summed E-state index contributed by atoms with van der Waals surface area (Å²) >= 11 is 5.99. The van der Waals surface area contributed by atoms with Gasteiger partial charge in [0.05, 0.1) is 6.07 Å². The fourth-order valence-corrected chi connectivity index (χ4v) is 2.60. The van der Waals surface area contributed by atoms with Gasteiger partial charge in [-0.3, -0.25) is 4.90 Å². The van der Waals surface area contributed by atoms with Crippen molar-refractivity contribution >= 4 is 11.6 Å². The fourth-order valence-electron chi connectivity index (χ4n) is 2.40. The Labute approximate surface area is 108 Å². The molecular weight excluding hydrogens is 232 g/mol. The Morgan fingerprint density at radius 3 is 2.47 bits per heavy atom. The minimum Gasteiger partial charge on any atom is -0.284 e. The van der Waals surface area contributed by atoms with Crippen LogP contribution in [0.3, 0.4) is 0 Å². The first-order chi connectivity index (χ1) is 8.31. The third kappa shape index (κ3) is 3.21. The number of benzene rings is 1. The van der Waals surface area contributed by atoms with Gasteiger partial charge in [0.1, 0.15) is 6.04 Å². The molecule has 1 saturated heterocycles. The molecule has 0 radical (unpaired) electrons. The molecule has 1 aromatic carbocycles. The van der Waals surface area contributed by atoms with Crippen molar-refractivity contribution in [2.24, 2.45) is 0 Å². The van der Waals surface area contributed by atoms with E-state index in [1.165, 1.54) is 25.7 Å². The van der Waals surface area contributed by atoms with Gasteiger partial charge in [0.15, 0.2) is 0 Å². The van der Waals surface area contributed by atoms with Gasteiger partial charge in [-0.1, -0.05) is 36.6 Å². The average molecular weight is 249 g/mol. The van der Waals surface area contributed by atoms with Crippen LogP contribution in [0.5, 0.6) is 0 Å². The zero-order valence-corrected chi connectivity index (χ0v) is 10.7. The lowest BCUT2D eigenvalue weighted by Crippen LogP contribution is -2.28. The standard InChI is InChI=1S/C14H17ClN2/c15-13-7-5-6-12(10-13)14(11-16)17-8-3-1-2-4-9-17/h5-7,10,14H,1-4,8-9H2. The van der Waals surface area contributed by atoms with Gasteiger partial charge in [-0.2, -0.15) is 5.26 Å². The summed E-state index contributed by atoms with van der Waals surface area (Å²) in [7, 11) is 0. The van der Waals surface area contributed by atoms with Gasteiger partial charge in [0.25, 0.3) is 0 Å². The molecule has 1 fully saturated rings. The van der Waals surface area contributed by atoms with E-state index in [9.17, 15) is 5.26 Å². The zero-order valence-electron chi connectivity index (χ0n) is 9.90. The zero-order chi connectivity index (χ0) is 12.1. The lowest BCUT2D eigenvalue weighted by Gasteiger charge is -2.25. The second kappa shape index (κ2) is 6.05. The number of nitriles is 1. The van der Waals surface area contributed by atoms with Crippen molar-refractivity contribution in [3.8, 4) is 6.07 Å². The second-order valence-corrected chi connectivity index (χ2v) is 4.97. The summed E-state index contributed by atoms with van der Waals surface area (Å²) in [5.41, 5.74) is 1.02. The van der Waals surface area contributed by atoms with Gasteiger partial charge in [0, 0.05) is 5.02 Å². The Morgan fingerprint density at radius 1 is 1.18 bits per heavy atom. The van der Waals surface area contributed by atoms with Crippen molar-refractivity contribution < 1.29 is 0 Å². The summed E-state index contributed by atoms with van der Waals surface area (Å²) < 4.78 is 0. The highest BCUT2D eigenvalue weighted by molar-refractivity contribution is 6.30. The molecule has 0 spiro atoms. The highest BCUT2D eigenvalue weighted by Gasteiger charge is 2.20. The normalized spacial score (nSPS) is 19.3. The first-order valence-corrected chi connectivity index (χ1v) is 6.58. The van der Waals surface area contributed by atoms with E-state index in [0.29, 0.717) is 5.02 Å². The molecule has 17 heavy (non-hydrogen) atoms. The fraction of sp³-hybridized carbons (Fsp3) is 0.500. The summed E-state index contributed by atoms with van der Waals surface area (Å²) in [5, 5.41) is 10.1. The highest BCUT2D eigenvalue weighted by Crippen LogP contribution is 2.25. The Kier molecular flexibility index (Phi) is 4.42. The molecule has 0 bridgehead atoms. The van der Waals surface area contributed by atoms with Crippen molar-refractivity contribution in [3.63, 3.8) is 0 Å². The van der Waals surface area contributed by atoms with Crippen molar-refractivity contribution in [1.82, 2.24) is 4.90 Å². The molecule has 1 aliphatic heterocycles. The predicted octanol–water partition coefficient (Wildman–Crippen LogP) is 3.78. The minimum absolute atomic E-state index is 0.146.